The van der Waals surface area contributed by atoms with Crippen LogP contribution in [0, 0.1) is 0 Å². The minimum atomic E-state index is -5.38. The number of aromatic nitrogens is 4. The molecule has 0 amide bonds. The number of methoxy groups -OCH3 is 1. The number of aliphatic hydroxyl groups excluding tert-OH is 5. The molecule has 4 rings (SSSR count). The van der Waals surface area contributed by atoms with Gasteiger partial charge in [-0.3, -0.25) is 13.6 Å². The number of hydrogen-bond donors (Lipinski definition) is 8. The molecule has 4 heterocycles. The summed E-state index contributed by atoms with van der Waals surface area (Å²) in [6.07, 6.45) is -10.8. The zero-order chi connectivity index (χ0) is 29.4. The number of anilines is 1. The van der Waals surface area contributed by atoms with E-state index in [-0.39, 0.29) is 12.2 Å². The Balaban J connectivity index is 1.37. The van der Waals surface area contributed by atoms with E-state index in [1.54, 1.807) is 4.57 Å². The van der Waals surface area contributed by atoms with Crippen molar-refractivity contribution in [3.63, 3.8) is 0 Å². The maximum absolute atomic E-state index is 12.7. The van der Waals surface area contributed by atoms with Gasteiger partial charge >= 0.3 is 14.6 Å². The van der Waals surface area contributed by atoms with Gasteiger partial charge in [-0.05, 0) is 0 Å². The third-order valence-corrected chi connectivity index (χ3v) is 9.75. The molecule has 19 nitrogen and oxygen atoms in total. The van der Waals surface area contributed by atoms with Crippen LogP contribution in [0.2, 0.25) is 0 Å². The number of nitrogens with two attached hydrogens (primary N) is 1. The Morgan fingerprint density at radius 1 is 1.20 bits per heavy atom. The first-order chi connectivity index (χ1) is 18.8. The molecule has 226 valence electrons. The SMILES string of the molecule is CO[C@@H]1C[C@@H](COP(=O)(S)OP(=O)(O)OC2OC([C@@H](O)CO)C(O)C(O)C2O)O[C@H]1n1cnc2c(N)ncnc21. The van der Waals surface area contributed by atoms with E-state index in [0.29, 0.717) is 11.2 Å². The summed E-state index contributed by atoms with van der Waals surface area (Å²) < 4.78 is 57.6. The van der Waals surface area contributed by atoms with Crippen molar-refractivity contribution in [2.24, 2.45) is 0 Å². The second kappa shape index (κ2) is 12.5. The van der Waals surface area contributed by atoms with Crippen LogP contribution in [0.5, 0.6) is 0 Å². The maximum Gasteiger partial charge on any atom is 0.482 e. The van der Waals surface area contributed by atoms with Crippen LogP contribution in [0.3, 0.4) is 0 Å². The Morgan fingerprint density at radius 2 is 1.93 bits per heavy atom. The molecule has 2 aromatic rings. The minimum Gasteiger partial charge on any atom is -0.394 e. The van der Waals surface area contributed by atoms with Crippen molar-refractivity contribution in [1.29, 1.82) is 0 Å². The summed E-state index contributed by atoms with van der Waals surface area (Å²) in [5, 5.41) is 48.8. The molecule has 22 heteroatoms. The number of nitrogens with zero attached hydrogens (tertiary/aromatic N) is 4. The normalized spacial score (nSPS) is 34.9. The van der Waals surface area contributed by atoms with E-state index in [2.05, 4.69) is 36.0 Å². The number of fused-ring (bicyclic) bond motifs is 1. The van der Waals surface area contributed by atoms with Gasteiger partial charge in [0.15, 0.2) is 24.0 Å². The number of phosphoric acid groups is 1. The van der Waals surface area contributed by atoms with Crippen molar-refractivity contribution >= 4 is 43.9 Å². The molecule has 2 aliphatic rings. The van der Waals surface area contributed by atoms with Gasteiger partial charge in [0.2, 0.25) is 0 Å². The average molecular weight is 633 g/mol. The van der Waals surface area contributed by atoms with Gasteiger partial charge in [-0.1, -0.05) is 12.2 Å². The fourth-order valence-electron chi connectivity index (χ4n) is 4.20. The maximum atomic E-state index is 12.7. The highest BCUT2D eigenvalue weighted by molar-refractivity contribution is 8.45. The van der Waals surface area contributed by atoms with Crippen LogP contribution in [0.15, 0.2) is 12.7 Å². The number of ether oxygens (including phenoxy) is 3. The third kappa shape index (κ3) is 6.83. The van der Waals surface area contributed by atoms with E-state index in [9.17, 15) is 34.4 Å². The quantitative estimate of drug-likeness (QED) is 0.0986. The third-order valence-electron chi connectivity index (χ3n) is 6.15. The first-order valence-corrected chi connectivity index (χ1v) is 15.8. The molecule has 40 heavy (non-hydrogen) atoms. The number of thiol groups is 1. The smallest absolute Gasteiger partial charge is 0.394 e. The highest BCUT2D eigenvalue weighted by atomic mass is 32.7. The molecule has 0 spiro atoms. The fraction of sp³-hybridized carbons (Fsp3) is 0.722. The standard InChI is InChI=1S/C18H29N5O14P2S/c1-32-9-2-7(34-17(9)23-6-22-10-15(19)20-5-21-16(10)23)4-33-39(31,40)37-38(29,30)36-18-13(28)11(26)12(27)14(35-18)8(25)3-24/h5-9,11-14,17-18,24-28H,2-4H2,1H3,(H,29,30)(H,31,40)(H2,19,20,21)/t7-,8-,9+,11?,12?,13?,14?,17+,18?,39?/m0/s1. The number of hydrogen-bond acceptors (Lipinski definition) is 17. The van der Waals surface area contributed by atoms with Crippen LogP contribution < -0.4 is 5.73 Å². The van der Waals surface area contributed by atoms with E-state index in [4.69, 9.17) is 29.6 Å². The van der Waals surface area contributed by atoms with Gasteiger partial charge in [-0.2, -0.15) is 4.31 Å². The van der Waals surface area contributed by atoms with E-state index in [1.165, 1.54) is 19.8 Å². The summed E-state index contributed by atoms with van der Waals surface area (Å²) in [6.45, 7) is -6.00. The van der Waals surface area contributed by atoms with E-state index in [0.717, 1.165) is 0 Å². The number of phosphoric ester groups is 1. The van der Waals surface area contributed by atoms with Crippen LogP contribution in [-0.2, 0) is 36.7 Å². The second-order valence-corrected chi connectivity index (χ2v) is 13.3. The molecular formula is C18H29N5O14P2S. The van der Waals surface area contributed by atoms with Gasteiger partial charge in [0.1, 0.15) is 48.5 Å². The van der Waals surface area contributed by atoms with Crippen molar-refractivity contribution in [3.05, 3.63) is 12.7 Å². The Morgan fingerprint density at radius 3 is 2.60 bits per heavy atom. The van der Waals surface area contributed by atoms with E-state index >= 15 is 0 Å². The number of rotatable bonds is 11. The Bertz CT molecular complexity index is 1270. The monoisotopic (exact) mass is 633 g/mol. The molecule has 2 aliphatic heterocycles. The second-order valence-electron chi connectivity index (χ2n) is 8.85. The Kier molecular flexibility index (Phi) is 9.88. The lowest BCUT2D eigenvalue weighted by molar-refractivity contribution is -0.292. The summed E-state index contributed by atoms with van der Waals surface area (Å²) in [5.74, 6) is 0.163. The van der Waals surface area contributed by atoms with Gasteiger partial charge in [-0.25, -0.2) is 24.1 Å². The van der Waals surface area contributed by atoms with Gasteiger partial charge in [-0.15, -0.1) is 0 Å². The lowest BCUT2D eigenvalue weighted by Crippen LogP contribution is -2.61. The van der Waals surface area contributed by atoms with E-state index < -0.39 is 83.1 Å². The van der Waals surface area contributed by atoms with Crippen LogP contribution in [0.1, 0.15) is 12.6 Å². The Labute approximate surface area is 231 Å². The fourth-order valence-corrected chi connectivity index (χ4v) is 7.41. The van der Waals surface area contributed by atoms with Crippen molar-refractivity contribution in [1.82, 2.24) is 19.5 Å². The summed E-state index contributed by atoms with van der Waals surface area (Å²) in [6, 6.07) is 0. The largest absolute Gasteiger partial charge is 0.482 e. The van der Waals surface area contributed by atoms with Crippen molar-refractivity contribution < 1.29 is 67.1 Å². The highest BCUT2D eigenvalue weighted by Gasteiger charge is 2.50. The number of imidazole rings is 1. The average Bonchev–Trinajstić information content (AvgIpc) is 3.51. The van der Waals surface area contributed by atoms with E-state index in [1.807, 2.05) is 0 Å². The first-order valence-electron chi connectivity index (χ1n) is 11.6. The molecule has 11 atom stereocenters. The molecule has 2 saturated heterocycles. The zero-order valence-corrected chi connectivity index (χ0v) is 23.3. The topological polar surface area (TPSA) is 281 Å². The molecule has 7 unspecified atom stereocenters. The van der Waals surface area contributed by atoms with Gasteiger partial charge < -0.3 is 50.4 Å². The van der Waals surface area contributed by atoms with Crippen LogP contribution in [-0.4, -0.2) is 119 Å². The Hall–Kier alpha value is -1.32. The van der Waals surface area contributed by atoms with Crippen LogP contribution in [0.4, 0.5) is 5.82 Å². The number of aliphatic hydroxyl groups is 5. The highest BCUT2D eigenvalue weighted by Crippen LogP contribution is 2.66. The summed E-state index contributed by atoms with van der Waals surface area (Å²) in [7, 11) is -3.94. The van der Waals surface area contributed by atoms with Crippen molar-refractivity contribution in [2.75, 3.05) is 26.1 Å². The molecule has 0 aromatic carbocycles. The molecule has 0 aliphatic carbocycles. The number of nitrogen functional groups attached to an aromatic ring is 1. The predicted molar refractivity (Wildman–Crippen MR) is 133 cm³/mol. The minimum absolute atomic E-state index is 0.163. The molecule has 2 fully saturated rings. The molecule has 0 bridgehead atoms. The lowest BCUT2D eigenvalue weighted by Gasteiger charge is -2.41. The molecule has 2 aromatic heterocycles. The zero-order valence-electron chi connectivity index (χ0n) is 20.6. The van der Waals surface area contributed by atoms with Gasteiger partial charge in [0.05, 0.1) is 25.6 Å². The predicted octanol–water partition coefficient (Wildman–Crippen LogP) is -1.94. The summed E-state index contributed by atoms with van der Waals surface area (Å²) in [4.78, 5) is 22.3. The molecular weight excluding hydrogens is 604 g/mol. The van der Waals surface area contributed by atoms with Crippen LogP contribution >= 0.6 is 26.9 Å². The van der Waals surface area contributed by atoms with Crippen molar-refractivity contribution in [2.45, 2.75) is 61.7 Å². The summed E-state index contributed by atoms with van der Waals surface area (Å²) >= 11 is 3.68. The molecule has 0 saturated carbocycles. The lowest BCUT2D eigenvalue weighted by atomic mass is 9.96. The first kappa shape index (κ1) is 31.6. The molecule has 8 N–H and O–H groups in total. The van der Waals surface area contributed by atoms with Gasteiger partial charge in [0.25, 0.3) is 0 Å². The van der Waals surface area contributed by atoms with Gasteiger partial charge in [0, 0.05) is 13.5 Å². The molecule has 0 radical (unpaired) electrons. The van der Waals surface area contributed by atoms with Crippen molar-refractivity contribution in [3.8, 4) is 0 Å². The van der Waals surface area contributed by atoms with Crippen LogP contribution in [0.25, 0.3) is 11.2 Å². The summed E-state index contributed by atoms with van der Waals surface area (Å²) in [5.41, 5.74) is 6.54.